The molecule has 0 atom stereocenters. The van der Waals surface area contributed by atoms with Crippen molar-refractivity contribution in [2.75, 3.05) is 62.8 Å². The van der Waals surface area contributed by atoms with E-state index in [4.69, 9.17) is 14.5 Å². The normalized spacial score (nSPS) is 25.4. The molecule has 0 bridgehead atoms. The molecule has 5 heterocycles. The summed E-state index contributed by atoms with van der Waals surface area (Å²) >= 11 is 0. The van der Waals surface area contributed by atoms with Gasteiger partial charge in [-0.1, -0.05) is 0 Å². The second-order valence-electron chi connectivity index (χ2n) is 8.90. The van der Waals surface area contributed by atoms with Crippen molar-refractivity contribution in [3.63, 3.8) is 0 Å². The maximum absolute atomic E-state index is 5.52. The largest absolute Gasteiger partial charge is 0.379 e. The number of fused-ring (bicyclic) bond motifs is 3. The van der Waals surface area contributed by atoms with Crippen LogP contribution in [0.15, 0.2) is 12.5 Å². The topological polar surface area (TPSA) is 104 Å². The van der Waals surface area contributed by atoms with Gasteiger partial charge in [-0.15, -0.1) is 0 Å². The molecule has 10 nitrogen and oxygen atoms in total. The summed E-state index contributed by atoms with van der Waals surface area (Å²) < 4.78 is 11.0. The molecule has 0 radical (unpaired) electrons. The van der Waals surface area contributed by atoms with Gasteiger partial charge in [0.1, 0.15) is 23.3 Å². The average molecular weight is 439 g/mol. The number of ether oxygens (including phenoxy) is 2. The van der Waals surface area contributed by atoms with Crippen molar-refractivity contribution < 1.29 is 9.47 Å². The van der Waals surface area contributed by atoms with Crippen LogP contribution in [0.3, 0.4) is 0 Å². The molecule has 3 aromatic rings. The third-order valence-electron chi connectivity index (χ3n) is 7.01. The number of aromatic nitrogens is 5. The van der Waals surface area contributed by atoms with Crippen LogP contribution in [-0.2, 0) is 9.47 Å². The van der Waals surface area contributed by atoms with E-state index in [1.165, 1.54) is 12.8 Å². The average Bonchev–Trinajstić information content (AvgIpc) is 3.24. The Kier molecular flexibility index (Phi) is 5.50. The molecule has 0 aromatic carbocycles. The predicted molar refractivity (Wildman–Crippen MR) is 122 cm³/mol. The van der Waals surface area contributed by atoms with Gasteiger partial charge < -0.3 is 24.7 Å². The molecule has 3 fully saturated rings. The minimum Gasteiger partial charge on any atom is -0.379 e. The molecule has 0 unspecified atom stereocenters. The summed E-state index contributed by atoms with van der Waals surface area (Å²) in [5, 5.41) is 4.67. The second-order valence-corrected chi connectivity index (χ2v) is 8.90. The van der Waals surface area contributed by atoms with Gasteiger partial charge in [0.15, 0.2) is 0 Å². The number of aromatic amines is 1. The van der Waals surface area contributed by atoms with Crippen LogP contribution in [0, 0.1) is 0 Å². The highest BCUT2D eigenvalue weighted by atomic mass is 16.5. The Morgan fingerprint density at radius 1 is 0.906 bits per heavy atom. The molecule has 1 saturated carbocycles. The van der Waals surface area contributed by atoms with Crippen LogP contribution in [-0.4, -0.2) is 94.5 Å². The quantitative estimate of drug-likeness (QED) is 0.631. The van der Waals surface area contributed by atoms with Gasteiger partial charge in [-0.25, -0.2) is 19.9 Å². The SMILES string of the molecule is c1nc(NC2CCC(N3CCOCC3)CC2)c2c(n1)[nH]c1cnc(N3CCOCC3)nc12. The first-order valence-corrected chi connectivity index (χ1v) is 11.8. The lowest BCUT2D eigenvalue weighted by Gasteiger charge is -2.39. The highest BCUT2D eigenvalue weighted by Crippen LogP contribution is 2.31. The highest BCUT2D eigenvalue weighted by molar-refractivity contribution is 6.09. The molecule has 3 aliphatic rings. The summed E-state index contributed by atoms with van der Waals surface area (Å²) in [6.45, 7) is 6.89. The molecule has 0 spiro atoms. The smallest absolute Gasteiger partial charge is 0.226 e. The molecule has 10 heteroatoms. The van der Waals surface area contributed by atoms with Gasteiger partial charge in [0.05, 0.1) is 43.5 Å². The number of hydrogen-bond donors (Lipinski definition) is 2. The van der Waals surface area contributed by atoms with Crippen LogP contribution >= 0.6 is 0 Å². The Morgan fingerprint density at radius 3 is 2.44 bits per heavy atom. The maximum Gasteiger partial charge on any atom is 0.226 e. The summed E-state index contributed by atoms with van der Waals surface area (Å²) in [6.07, 6.45) is 8.18. The Morgan fingerprint density at radius 2 is 1.66 bits per heavy atom. The first-order chi connectivity index (χ1) is 15.8. The Balaban J connectivity index is 1.23. The fraction of sp³-hybridized carbons (Fsp3) is 0.636. The number of H-pyrrole nitrogens is 1. The van der Waals surface area contributed by atoms with E-state index < -0.39 is 0 Å². The van der Waals surface area contributed by atoms with Gasteiger partial charge in [-0.3, -0.25) is 4.90 Å². The predicted octanol–water partition coefficient (Wildman–Crippen LogP) is 1.79. The van der Waals surface area contributed by atoms with Crippen LogP contribution in [0.1, 0.15) is 25.7 Å². The minimum absolute atomic E-state index is 0.413. The zero-order valence-corrected chi connectivity index (χ0v) is 18.3. The molecule has 170 valence electrons. The zero-order valence-electron chi connectivity index (χ0n) is 18.3. The van der Waals surface area contributed by atoms with E-state index in [1.54, 1.807) is 6.33 Å². The van der Waals surface area contributed by atoms with Crippen molar-refractivity contribution in [1.82, 2.24) is 29.8 Å². The molecule has 0 amide bonds. The van der Waals surface area contributed by atoms with Gasteiger partial charge in [-0.05, 0) is 25.7 Å². The van der Waals surface area contributed by atoms with Gasteiger partial charge in [0.25, 0.3) is 0 Å². The number of anilines is 2. The molecule has 3 aromatic heterocycles. The summed E-state index contributed by atoms with van der Waals surface area (Å²) in [7, 11) is 0. The Bertz CT molecular complexity index is 1070. The molecule has 2 aliphatic heterocycles. The van der Waals surface area contributed by atoms with Gasteiger partial charge >= 0.3 is 0 Å². The highest BCUT2D eigenvalue weighted by Gasteiger charge is 2.28. The lowest BCUT2D eigenvalue weighted by Crippen LogP contribution is -2.46. The van der Waals surface area contributed by atoms with Crippen molar-refractivity contribution in [2.45, 2.75) is 37.8 Å². The third kappa shape index (κ3) is 3.87. The Labute approximate surface area is 186 Å². The van der Waals surface area contributed by atoms with Crippen molar-refractivity contribution >= 4 is 33.8 Å². The van der Waals surface area contributed by atoms with Crippen LogP contribution < -0.4 is 10.2 Å². The molecule has 1 aliphatic carbocycles. The zero-order chi connectivity index (χ0) is 21.3. The van der Waals surface area contributed by atoms with E-state index >= 15 is 0 Å². The summed E-state index contributed by atoms with van der Waals surface area (Å²) in [4.78, 5) is 26.7. The molecule has 2 N–H and O–H groups in total. The van der Waals surface area contributed by atoms with E-state index in [0.29, 0.717) is 25.3 Å². The number of hydrogen-bond acceptors (Lipinski definition) is 9. The van der Waals surface area contributed by atoms with Crippen molar-refractivity contribution in [1.29, 1.82) is 0 Å². The summed E-state index contributed by atoms with van der Waals surface area (Å²) in [6, 6.07) is 1.09. The van der Waals surface area contributed by atoms with E-state index in [1.807, 2.05) is 6.20 Å². The number of rotatable bonds is 4. The third-order valence-corrected chi connectivity index (χ3v) is 7.01. The summed E-state index contributed by atoms with van der Waals surface area (Å²) in [5.41, 5.74) is 2.56. The lowest BCUT2D eigenvalue weighted by atomic mass is 9.90. The molecular weight excluding hydrogens is 408 g/mol. The fourth-order valence-corrected chi connectivity index (χ4v) is 5.23. The van der Waals surface area contributed by atoms with E-state index in [9.17, 15) is 0 Å². The lowest BCUT2D eigenvalue weighted by molar-refractivity contribution is 0.00791. The molecular formula is C22H30N8O2. The monoisotopic (exact) mass is 438 g/mol. The van der Waals surface area contributed by atoms with Crippen LogP contribution in [0.5, 0.6) is 0 Å². The van der Waals surface area contributed by atoms with Gasteiger partial charge in [0, 0.05) is 38.3 Å². The van der Waals surface area contributed by atoms with Crippen molar-refractivity contribution in [3.8, 4) is 0 Å². The van der Waals surface area contributed by atoms with Crippen LogP contribution in [0.4, 0.5) is 11.8 Å². The number of nitrogens with zero attached hydrogens (tertiary/aromatic N) is 6. The molecule has 32 heavy (non-hydrogen) atoms. The number of nitrogens with one attached hydrogen (secondary N) is 2. The maximum atomic E-state index is 5.52. The summed E-state index contributed by atoms with van der Waals surface area (Å²) in [5.74, 6) is 1.60. The molecule has 6 rings (SSSR count). The number of morpholine rings is 2. The van der Waals surface area contributed by atoms with Crippen molar-refractivity contribution in [3.05, 3.63) is 12.5 Å². The van der Waals surface area contributed by atoms with E-state index in [-0.39, 0.29) is 0 Å². The van der Waals surface area contributed by atoms with E-state index in [0.717, 1.165) is 86.1 Å². The first-order valence-electron chi connectivity index (χ1n) is 11.8. The second kappa shape index (κ2) is 8.76. The van der Waals surface area contributed by atoms with E-state index in [2.05, 4.69) is 35.1 Å². The van der Waals surface area contributed by atoms with Crippen LogP contribution in [0.25, 0.3) is 22.1 Å². The first kappa shape index (κ1) is 20.1. The van der Waals surface area contributed by atoms with Crippen molar-refractivity contribution in [2.24, 2.45) is 0 Å². The van der Waals surface area contributed by atoms with Gasteiger partial charge in [-0.2, -0.15) is 0 Å². The fourth-order valence-electron chi connectivity index (χ4n) is 5.23. The molecule has 2 saturated heterocycles. The standard InChI is InChI=1S/C22H30N8O2/c1-3-16(29-5-9-31-10-6-29)4-2-15(1)26-20-18-19-17(27-21(18)25-14-24-20)13-23-22(28-19)30-7-11-32-12-8-30/h13-16H,1-12H2,(H2,24,25,26,27). The van der Waals surface area contributed by atoms with Crippen LogP contribution in [0.2, 0.25) is 0 Å². The minimum atomic E-state index is 0.413. The van der Waals surface area contributed by atoms with Gasteiger partial charge in [0.2, 0.25) is 5.95 Å². The Hall–Kier alpha value is -2.56.